The summed E-state index contributed by atoms with van der Waals surface area (Å²) < 4.78 is 2.00. The minimum Gasteiger partial charge on any atom is -0.332 e. The van der Waals surface area contributed by atoms with Crippen molar-refractivity contribution in [3.05, 3.63) is 72.1 Å². The van der Waals surface area contributed by atoms with Gasteiger partial charge in [-0.3, -0.25) is 0 Å². The minimum atomic E-state index is 0.679. The van der Waals surface area contributed by atoms with Gasteiger partial charge < -0.3 is 4.57 Å². The van der Waals surface area contributed by atoms with Crippen LogP contribution in [0.25, 0.3) is 0 Å². The van der Waals surface area contributed by atoms with Crippen molar-refractivity contribution >= 4 is 0 Å². The summed E-state index contributed by atoms with van der Waals surface area (Å²) in [6.45, 7) is 4.41. The first kappa shape index (κ1) is 11.2. The first-order valence-electron chi connectivity index (χ1n) is 5.58. The molecule has 0 N–H and O–H groups in total. The molecule has 0 saturated heterocycles. The molecule has 0 unspecified atom stereocenters. The Balaban J connectivity index is 2.30. The second kappa shape index (κ2) is 5.18. The maximum atomic E-state index is 9.02. The minimum absolute atomic E-state index is 0.679. The van der Waals surface area contributed by atoms with Gasteiger partial charge in [-0.1, -0.05) is 36.4 Å². The third-order valence-corrected chi connectivity index (χ3v) is 2.73. The highest BCUT2D eigenvalue weighted by molar-refractivity contribution is 5.31. The zero-order valence-electron chi connectivity index (χ0n) is 9.63. The molecular weight excluding hydrogens is 208 g/mol. The molecule has 0 aliphatic carbocycles. The summed E-state index contributed by atoms with van der Waals surface area (Å²) in [6.07, 6.45) is 2.66. The van der Waals surface area contributed by atoms with Crippen LogP contribution in [0.1, 0.15) is 17.0 Å². The second-order valence-electron chi connectivity index (χ2n) is 3.88. The third kappa shape index (κ3) is 2.46. The zero-order valence-corrected chi connectivity index (χ0v) is 9.63. The summed E-state index contributed by atoms with van der Waals surface area (Å²) in [5, 5.41) is 9.02. The Morgan fingerprint density at radius 1 is 1.18 bits per heavy atom. The van der Waals surface area contributed by atoms with E-state index in [9.17, 15) is 0 Å². The molecule has 0 fully saturated rings. The quantitative estimate of drug-likeness (QED) is 0.730. The molecule has 0 aliphatic rings. The standard InChI is InChI=1S/C15H14N2/c1-2-10-17-14(8-9-15(17)12-16)11-13-6-4-3-5-7-13/h2-9H,1,10-11H2. The van der Waals surface area contributed by atoms with Crippen molar-refractivity contribution in [3.8, 4) is 6.07 Å². The van der Waals surface area contributed by atoms with E-state index in [4.69, 9.17) is 5.26 Å². The van der Waals surface area contributed by atoms with Crippen molar-refractivity contribution in [2.24, 2.45) is 0 Å². The van der Waals surface area contributed by atoms with E-state index in [1.54, 1.807) is 0 Å². The van der Waals surface area contributed by atoms with Gasteiger partial charge in [0.05, 0.1) is 0 Å². The highest BCUT2D eigenvalue weighted by Crippen LogP contribution is 2.13. The Bertz CT molecular complexity index is 544. The number of allylic oxidation sites excluding steroid dienone is 1. The van der Waals surface area contributed by atoms with E-state index >= 15 is 0 Å². The summed E-state index contributed by atoms with van der Waals surface area (Å²) in [4.78, 5) is 0. The molecule has 17 heavy (non-hydrogen) atoms. The largest absolute Gasteiger partial charge is 0.332 e. The van der Waals surface area contributed by atoms with E-state index in [1.807, 2.05) is 41.0 Å². The molecule has 2 heteroatoms. The monoisotopic (exact) mass is 222 g/mol. The maximum absolute atomic E-state index is 9.02. The molecule has 2 rings (SSSR count). The number of hydrogen-bond donors (Lipinski definition) is 0. The molecule has 0 bridgehead atoms. The van der Waals surface area contributed by atoms with Gasteiger partial charge in [-0.05, 0) is 17.7 Å². The van der Waals surface area contributed by atoms with E-state index in [2.05, 4.69) is 24.8 Å². The summed E-state index contributed by atoms with van der Waals surface area (Å²) in [7, 11) is 0. The lowest BCUT2D eigenvalue weighted by Gasteiger charge is -2.08. The van der Waals surface area contributed by atoms with Crippen LogP contribution in [0, 0.1) is 11.3 Å². The number of nitrogens with zero attached hydrogens (tertiary/aromatic N) is 2. The SMILES string of the molecule is C=CCn1c(C#N)ccc1Cc1ccccc1. The van der Waals surface area contributed by atoms with Gasteiger partial charge in [-0.15, -0.1) is 6.58 Å². The molecule has 1 aromatic heterocycles. The van der Waals surface area contributed by atoms with E-state index in [0.717, 1.165) is 12.1 Å². The fourth-order valence-electron chi connectivity index (χ4n) is 1.91. The molecule has 84 valence electrons. The topological polar surface area (TPSA) is 28.7 Å². The van der Waals surface area contributed by atoms with Gasteiger partial charge >= 0.3 is 0 Å². The van der Waals surface area contributed by atoms with Gasteiger partial charge in [-0.25, -0.2) is 0 Å². The van der Waals surface area contributed by atoms with Gasteiger partial charge in [0.1, 0.15) is 11.8 Å². The zero-order chi connectivity index (χ0) is 12.1. The number of nitriles is 1. The Morgan fingerprint density at radius 3 is 2.59 bits per heavy atom. The molecule has 2 aromatic rings. The molecule has 2 nitrogen and oxygen atoms in total. The number of hydrogen-bond acceptors (Lipinski definition) is 1. The van der Waals surface area contributed by atoms with E-state index in [0.29, 0.717) is 12.2 Å². The predicted octanol–water partition coefficient (Wildman–Crippen LogP) is 3.14. The van der Waals surface area contributed by atoms with Crippen molar-refractivity contribution in [2.45, 2.75) is 13.0 Å². The van der Waals surface area contributed by atoms with Crippen LogP contribution in [0.3, 0.4) is 0 Å². The van der Waals surface area contributed by atoms with Crippen molar-refractivity contribution in [1.82, 2.24) is 4.57 Å². The molecule has 0 atom stereocenters. The molecular formula is C15H14N2. The van der Waals surface area contributed by atoms with Crippen LogP contribution in [-0.4, -0.2) is 4.57 Å². The smallest absolute Gasteiger partial charge is 0.120 e. The second-order valence-corrected chi connectivity index (χ2v) is 3.88. The van der Waals surface area contributed by atoms with Gasteiger partial charge in [0, 0.05) is 18.7 Å². The molecule has 0 spiro atoms. The first-order valence-corrected chi connectivity index (χ1v) is 5.58. The van der Waals surface area contributed by atoms with Gasteiger partial charge in [-0.2, -0.15) is 5.26 Å². The van der Waals surface area contributed by atoms with Crippen molar-refractivity contribution in [2.75, 3.05) is 0 Å². The van der Waals surface area contributed by atoms with Crippen LogP contribution in [0.4, 0.5) is 0 Å². The Labute approximate surface area is 101 Å². The van der Waals surface area contributed by atoms with Crippen LogP contribution in [0.2, 0.25) is 0 Å². The Morgan fingerprint density at radius 2 is 1.94 bits per heavy atom. The summed E-state index contributed by atoms with van der Waals surface area (Å²) in [5.74, 6) is 0. The molecule has 1 heterocycles. The molecule has 0 saturated carbocycles. The summed E-state index contributed by atoms with van der Waals surface area (Å²) in [6, 6.07) is 16.3. The van der Waals surface area contributed by atoms with Crippen molar-refractivity contribution in [1.29, 1.82) is 5.26 Å². The lowest BCUT2D eigenvalue weighted by Crippen LogP contribution is -2.04. The van der Waals surface area contributed by atoms with Crippen LogP contribution < -0.4 is 0 Å². The van der Waals surface area contributed by atoms with Crippen LogP contribution in [0.5, 0.6) is 0 Å². The van der Waals surface area contributed by atoms with Gasteiger partial charge in [0.15, 0.2) is 0 Å². The average molecular weight is 222 g/mol. The lowest BCUT2D eigenvalue weighted by molar-refractivity contribution is 0.767. The fraction of sp³-hybridized carbons (Fsp3) is 0.133. The maximum Gasteiger partial charge on any atom is 0.120 e. The average Bonchev–Trinajstić information content (AvgIpc) is 2.74. The molecule has 0 amide bonds. The molecule has 0 aliphatic heterocycles. The molecule has 1 aromatic carbocycles. The number of benzene rings is 1. The van der Waals surface area contributed by atoms with Gasteiger partial charge in [0.25, 0.3) is 0 Å². The lowest BCUT2D eigenvalue weighted by atomic mass is 10.1. The highest BCUT2D eigenvalue weighted by Gasteiger charge is 2.06. The van der Waals surface area contributed by atoms with E-state index < -0.39 is 0 Å². The summed E-state index contributed by atoms with van der Waals surface area (Å²) >= 11 is 0. The normalized spacial score (nSPS) is 9.82. The van der Waals surface area contributed by atoms with Crippen molar-refractivity contribution in [3.63, 3.8) is 0 Å². The van der Waals surface area contributed by atoms with Crippen LogP contribution in [-0.2, 0) is 13.0 Å². The molecule has 0 radical (unpaired) electrons. The van der Waals surface area contributed by atoms with Crippen molar-refractivity contribution < 1.29 is 0 Å². The first-order chi connectivity index (χ1) is 8.35. The van der Waals surface area contributed by atoms with Crippen LogP contribution in [0.15, 0.2) is 55.1 Å². The number of rotatable bonds is 4. The van der Waals surface area contributed by atoms with Crippen LogP contribution >= 0.6 is 0 Å². The number of aromatic nitrogens is 1. The van der Waals surface area contributed by atoms with E-state index in [-0.39, 0.29) is 0 Å². The Hall–Kier alpha value is -2.27. The van der Waals surface area contributed by atoms with E-state index in [1.165, 1.54) is 5.56 Å². The highest BCUT2D eigenvalue weighted by atomic mass is 15.0. The van der Waals surface area contributed by atoms with Gasteiger partial charge in [0.2, 0.25) is 0 Å². The fourth-order valence-corrected chi connectivity index (χ4v) is 1.91. The Kier molecular flexibility index (Phi) is 3.42. The predicted molar refractivity (Wildman–Crippen MR) is 68.6 cm³/mol. The third-order valence-electron chi connectivity index (χ3n) is 2.73. The summed E-state index contributed by atoms with van der Waals surface area (Å²) in [5.41, 5.74) is 3.09.